The molecule has 0 atom stereocenters. The molecule has 0 aliphatic carbocycles. The molecule has 102 valence electrons. The lowest BCUT2D eigenvalue weighted by molar-refractivity contribution is 0.0955. The van der Waals surface area contributed by atoms with Gasteiger partial charge in [0.1, 0.15) is 0 Å². The van der Waals surface area contributed by atoms with Gasteiger partial charge < -0.3 is 10.6 Å². The molecule has 2 aromatic rings. The van der Waals surface area contributed by atoms with Crippen molar-refractivity contribution in [3.8, 4) is 11.1 Å². The zero-order valence-electron chi connectivity index (χ0n) is 11.4. The molecular formula is C16H16N2O2. The van der Waals surface area contributed by atoms with Crippen LogP contribution in [0.4, 0.5) is 0 Å². The summed E-state index contributed by atoms with van der Waals surface area (Å²) in [5.41, 5.74) is 3.12. The van der Waals surface area contributed by atoms with Crippen LogP contribution in [0.15, 0.2) is 48.5 Å². The van der Waals surface area contributed by atoms with Crippen LogP contribution in [0.25, 0.3) is 11.1 Å². The van der Waals surface area contributed by atoms with Gasteiger partial charge in [-0.3, -0.25) is 9.59 Å². The van der Waals surface area contributed by atoms with E-state index in [1.165, 1.54) is 0 Å². The van der Waals surface area contributed by atoms with Gasteiger partial charge >= 0.3 is 0 Å². The number of benzene rings is 2. The molecule has 0 aromatic heterocycles. The lowest BCUT2D eigenvalue weighted by Crippen LogP contribution is -2.17. The van der Waals surface area contributed by atoms with Crippen LogP contribution in [0.2, 0.25) is 0 Å². The summed E-state index contributed by atoms with van der Waals surface area (Å²) in [6.07, 6.45) is 0. The zero-order valence-corrected chi connectivity index (χ0v) is 11.4. The van der Waals surface area contributed by atoms with Crippen molar-refractivity contribution in [3.63, 3.8) is 0 Å². The van der Waals surface area contributed by atoms with Gasteiger partial charge in [-0.05, 0) is 35.4 Å². The second-order valence-electron chi connectivity index (χ2n) is 4.32. The highest BCUT2D eigenvalue weighted by Gasteiger charge is 2.06. The minimum Gasteiger partial charge on any atom is -0.355 e. The summed E-state index contributed by atoms with van der Waals surface area (Å²) in [6.45, 7) is 0. The molecule has 4 heteroatoms. The molecule has 0 unspecified atom stereocenters. The highest BCUT2D eigenvalue weighted by Crippen LogP contribution is 2.21. The zero-order chi connectivity index (χ0) is 14.5. The van der Waals surface area contributed by atoms with Gasteiger partial charge in [0.05, 0.1) is 0 Å². The van der Waals surface area contributed by atoms with E-state index >= 15 is 0 Å². The largest absolute Gasteiger partial charge is 0.355 e. The molecule has 20 heavy (non-hydrogen) atoms. The first-order chi connectivity index (χ1) is 9.65. The molecule has 0 heterocycles. The Kier molecular flexibility index (Phi) is 4.15. The molecule has 2 N–H and O–H groups in total. The van der Waals surface area contributed by atoms with Crippen molar-refractivity contribution in [1.29, 1.82) is 0 Å². The van der Waals surface area contributed by atoms with Crippen LogP contribution in [0.5, 0.6) is 0 Å². The van der Waals surface area contributed by atoms with Crippen LogP contribution >= 0.6 is 0 Å². The highest BCUT2D eigenvalue weighted by atomic mass is 16.2. The van der Waals surface area contributed by atoms with Gasteiger partial charge in [-0.2, -0.15) is 0 Å². The number of hydrogen-bond donors (Lipinski definition) is 2. The normalized spacial score (nSPS) is 9.90. The Morgan fingerprint density at radius 2 is 1.35 bits per heavy atom. The Bertz CT molecular complexity index is 633. The Morgan fingerprint density at radius 3 is 1.95 bits per heavy atom. The molecule has 0 aliphatic rings. The fourth-order valence-electron chi connectivity index (χ4n) is 1.94. The molecule has 2 rings (SSSR count). The summed E-state index contributed by atoms with van der Waals surface area (Å²) in [5, 5.41) is 5.18. The number of rotatable bonds is 3. The second-order valence-corrected chi connectivity index (χ2v) is 4.32. The molecule has 0 fully saturated rings. The Morgan fingerprint density at radius 1 is 0.750 bits per heavy atom. The standard InChI is InChI=1S/C16H16N2O2/c1-17-15(19)12-8-6-11(7-9-12)13-4-3-5-14(10-13)16(20)18-2/h3-10H,1-2H3,(H,17,19)(H,18,20). The first kappa shape index (κ1) is 13.8. The van der Waals surface area contributed by atoms with E-state index in [0.29, 0.717) is 11.1 Å². The van der Waals surface area contributed by atoms with Gasteiger partial charge in [-0.25, -0.2) is 0 Å². The van der Waals surface area contributed by atoms with E-state index < -0.39 is 0 Å². The first-order valence-electron chi connectivity index (χ1n) is 6.30. The SMILES string of the molecule is CNC(=O)c1ccc(-c2cccc(C(=O)NC)c2)cc1. The van der Waals surface area contributed by atoms with Crippen LogP contribution in [0, 0.1) is 0 Å². The number of amides is 2. The maximum absolute atomic E-state index is 11.6. The Balaban J connectivity index is 2.32. The van der Waals surface area contributed by atoms with E-state index in [1.807, 2.05) is 30.3 Å². The fourth-order valence-corrected chi connectivity index (χ4v) is 1.94. The van der Waals surface area contributed by atoms with Gasteiger partial charge in [0.25, 0.3) is 11.8 Å². The van der Waals surface area contributed by atoms with Gasteiger partial charge in [0.2, 0.25) is 0 Å². The molecule has 0 saturated carbocycles. The smallest absolute Gasteiger partial charge is 0.251 e. The van der Waals surface area contributed by atoms with Gasteiger partial charge in [-0.15, -0.1) is 0 Å². The monoisotopic (exact) mass is 268 g/mol. The highest BCUT2D eigenvalue weighted by molar-refractivity contribution is 5.96. The quantitative estimate of drug-likeness (QED) is 0.895. The number of carbonyl (C=O) groups is 2. The lowest BCUT2D eigenvalue weighted by Gasteiger charge is -2.06. The topological polar surface area (TPSA) is 58.2 Å². The van der Waals surface area contributed by atoms with Crippen molar-refractivity contribution >= 4 is 11.8 Å². The van der Waals surface area contributed by atoms with Crippen molar-refractivity contribution in [2.45, 2.75) is 0 Å². The minimum absolute atomic E-state index is 0.115. The lowest BCUT2D eigenvalue weighted by atomic mass is 10.0. The average Bonchev–Trinajstić information content (AvgIpc) is 2.53. The maximum Gasteiger partial charge on any atom is 0.251 e. The molecule has 0 saturated heterocycles. The summed E-state index contributed by atoms with van der Waals surface area (Å²) >= 11 is 0. The molecule has 0 aliphatic heterocycles. The van der Waals surface area contributed by atoms with Crippen molar-refractivity contribution in [3.05, 3.63) is 59.7 Å². The third kappa shape index (κ3) is 2.85. The average molecular weight is 268 g/mol. The minimum atomic E-state index is -0.117. The first-order valence-corrected chi connectivity index (χ1v) is 6.30. The molecule has 4 nitrogen and oxygen atoms in total. The van der Waals surface area contributed by atoms with E-state index in [2.05, 4.69) is 10.6 Å². The molecular weight excluding hydrogens is 252 g/mol. The van der Waals surface area contributed by atoms with Crippen molar-refractivity contribution in [2.75, 3.05) is 14.1 Å². The number of hydrogen-bond acceptors (Lipinski definition) is 2. The van der Waals surface area contributed by atoms with E-state index in [9.17, 15) is 9.59 Å². The van der Waals surface area contributed by atoms with E-state index in [1.54, 1.807) is 32.3 Å². The van der Waals surface area contributed by atoms with Crippen LogP contribution < -0.4 is 10.6 Å². The third-order valence-corrected chi connectivity index (χ3v) is 3.06. The third-order valence-electron chi connectivity index (χ3n) is 3.06. The number of nitrogens with one attached hydrogen (secondary N) is 2. The van der Waals surface area contributed by atoms with E-state index in [0.717, 1.165) is 11.1 Å². The summed E-state index contributed by atoms with van der Waals surface area (Å²) in [4.78, 5) is 23.1. The summed E-state index contributed by atoms with van der Waals surface area (Å²) in [6, 6.07) is 14.6. The van der Waals surface area contributed by atoms with Gasteiger partial charge in [0, 0.05) is 25.2 Å². The van der Waals surface area contributed by atoms with Crippen LogP contribution in [-0.2, 0) is 0 Å². The van der Waals surface area contributed by atoms with E-state index in [4.69, 9.17) is 0 Å². The molecule has 2 amide bonds. The fraction of sp³-hybridized carbons (Fsp3) is 0.125. The van der Waals surface area contributed by atoms with Crippen LogP contribution in [-0.4, -0.2) is 25.9 Å². The Labute approximate surface area is 117 Å². The molecule has 0 radical (unpaired) electrons. The number of carbonyl (C=O) groups excluding carboxylic acids is 2. The van der Waals surface area contributed by atoms with Crippen molar-refractivity contribution in [1.82, 2.24) is 10.6 Å². The predicted molar refractivity (Wildman–Crippen MR) is 78.7 cm³/mol. The summed E-state index contributed by atoms with van der Waals surface area (Å²) in [7, 11) is 3.20. The molecule has 0 bridgehead atoms. The van der Waals surface area contributed by atoms with E-state index in [-0.39, 0.29) is 11.8 Å². The van der Waals surface area contributed by atoms with Crippen LogP contribution in [0.1, 0.15) is 20.7 Å². The molecule has 2 aromatic carbocycles. The molecule has 0 spiro atoms. The van der Waals surface area contributed by atoms with Gasteiger partial charge in [0.15, 0.2) is 0 Å². The van der Waals surface area contributed by atoms with Crippen LogP contribution in [0.3, 0.4) is 0 Å². The predicted octanol–water partition coefficient (Wildman–Crippen LogP) is 2.07. The summed E-state index contributed by atoms with van der Waals surface area (Å²) in [5.74, 6) is -0.232. The van der Waals surface area contributed by atoms with Crippen molar-refractivity contribution in [2.24, 2.45) is 0 Å². The van der Waals surface area contributed by atoms with Crippen molar-refractivity contribution < 1.29 is 9.59 Å². The summed E-state index contributed by atoms with van der Waals surface area (Å²) < 4.78 is 0. The van der Waals surface area contributed by atoms with Gasteiger partial charge in [-0.1, -0.05) is 24.3 Å². The maximum atomic E-state index is 11.6. The Hall–Kier alpha value is -2.62. The second kappa shape index (κ2) is 6.02.